The number of aromatic nitrogens is 1. The number of hydrogen-bond donors (Lipinski definition) is 1. The Morgan fingerprint density at radius 1 is 1.56 bits per heavy atom. The zero-order chi connectivity index (χ0) is 13.3. The maximum absolute atomic E-state index is 11.3. The number of carbonyl (C=O) groups excluding carboxylic acids is 1. The molecule has 0 atom stereocenters. The van der Waals surface area contributed by atoms with E-state index in [1.807, 2.05) is 0 Å². The molecule has 0 aliphatic heterocycles. The molecule has 0 radical (unpaired) electrons. The maximum atomic E-state index is 11.3. The van der Waals surface area contributed by atoms with E-state index in [1.54, 1.807) is 22.9 Å². The third-order valence-electron chi connectivity index (χ3n) is 2.62. The van der Waals surface area contributed by atoms with Crippen molar-refractivity contribution in [2.45, 2.75) is 6.54 Å². The quantitative estimate of drug-likeness (QED) is 0.682. The molecule has 2 rings (SSSR count). The van der Waals surface area contributed by atoms with Crippen molar-refractivity contribution in [2.24, 2.45) is 0 Å². The Morgan fingerprint density at radius 3 is 2.89 bits per heavy atom. The minimum absolute atomic E-state index is 0.0619. The number of carbonyl (C=O) groups is 1. The van der Waals surface area contributed by atoms with E-state index >= 15 is 0 Å². The van der Waals surface area contributed by atoms with Crippen LogP contribution in [0.25, 0.3) is 10.9 Å². The summed E-state index contributed by atoms with van der Waals surface area (Å²) in [6.07, 6.45) is 1.63. The van der Waals surface area contributed by atoms with Crippen LogP contribution < -0.4 is 5.32 Å². The van der Waals surface area contributed by atoms with E-state index in [9.17, 15) is 14.9 Å². The van der Waals surface area contributed by atoms with Gasteiger partial charge in [0.15, 0.2) is 0 Å². The van der Waals surface area contributed by atoms with Crippen LogP contribution in [-0.4, -0.2) is 22.4 Å². The van der Waals surface area contributed by atoms with Gasteiger partial charge in [-0.3, -0.25) is 14.9 Å². The first kappa shape index (κ1) is 12.4. The van der Waals surface area contributed by atoms with Crippen molar-refractivity contribution in [3.05, 3.63) is 39.5 Å². The lowest BCUT2D eigenvalue weighted by Gasteiger charge is -2.04. The first-order valence-electron chi connectivity index (χ1n) is 5.16. The van der Waals surface area contributed by atoms with Crippen LogP contribution in [0.15, 0.2) is 24.4 Å². The van der Waals surface area contributed by atoms with E-state index in [2.05, 4.69) is 5.32 Å². The van der Waals surface area contributed by atoms with Crippen LogP contribution in [0, 0.1) is 10.1 Å². The third kappa shape index (κ3) is 2.14. The lowest BCUT2D eigenvalue weighted by molar-refractivity contribution is -0.383. The normalized spacial score (nSPS) is 10.6. The van der Waals surface area contributed by atoms with Crippen molar-refractivity contribution >= 4 is 34.1 Å². The van der Waals surface area contributed by atoms with Gasteiger partial charge in [0.05, 0.1) is 15.8 Å². The Kier molecular flexibility index (Phi) is 3.20. The molecule has 0 saturated carbocycles. The second-order valence-corrected chi connectivity index (χ2v) is 4.17. The number of rotatable bonds is 3. The second kappa shape index (κ2) is 4.66. The summed E-state index contributed by atoms with van der Waals surface area (Å²) in [5.74, 6) is -0.185. The highest BCUT2D eigenvalue weighted by atomic mass is 35.5. The highest BCUT2D eigenvalue weighted by molar-refractivity contribution is 6.31. The molecule has 0 unspecified atom stereocenters. The van der Waals surface area contributed by atoms with Gasteiger partial charge in [-0.1, -0.05) is 11.6 Å². The molecule has 1 aromatic heterocycles. The minimum atomic E-state index is -0.488. The van der Waals surface area contributed by atoms with Crippen LogP contribution in [0.2, 0.25) is 5.02 Å². The molecular weight excluding hydrogens is 258 g/mol. The van der Waals surface area contributed by atoms with Crippen LogP contribution >= 0.6 is 11.6 Å². The largest absolute Gasteiger partial charge is 0.358 e. The Bertz CT molecular complexity index is 636. The summed E-state index contributed by atoms with van der Waals surface area (Å²) in [7, 11) is 1.53. The minimum Gasteiger partial charge on any atom is -0.358 e. The van der Waals surface area contributed by atoms with E-state index < -0.39 is 4.92 Å². The van der Waals surface area contributed by atoms with Crippen molar-refractivity contribution in [2.75, 3.05) is 7.05 Å². The van der Waals surface area contributed by atoms with Gasteiger partial charge < -0.3 is 9.88 Å². The zero-order valence-electron chi connectivity index (χ0n) is 9.51. The van der Waals surface area contributed by atoms with E-state index in [0.717, 1.165) is 0 Å². The maximum Gasteiger partial charge on any atom is 0.280 e. The number of nitrogens with zero attached hydrogens (tertiary/aromatic N) is 2. The van der Waals surface area contributed by atoms with Gasteiger partial charge in [0.2, 0.25) is 5.91 Å². The zero-order valence-corrected chi connectivity index (χ0v) is 10.3. The summed E-state index contributed by atoms with van der Waals surface area (Å²) < 4.78 is 1.62. The Hall–Kier alpha value is -2.08. The molecule has 0 aliphatic carbocycles. The van der Waals surface area contributed by atoms with Crippen LogP contribution in [0.4, 0.5) is 5.69 Å². The number of nitro benzene ring substituents is 1. The molecule has 1 amide bonds. The molecule has 0 fully saturated rings. The summed E-state index contributed by atoms with van der Waals surface area (Å²) in [5, 5.41) is 14.1. The van der Waals surface area contributed by atoms with Gasteiger partial charge in [-0.15, -0.1) is 0 Å². The average molecular weight is 268 g/mol. The predicted molar refractivity (Wildman–Crippen MR) is 67.7 cm³/mol. The molecular formula is C11H10ClN3O3. The van der Waals surface area contributed by atoms with Crippen molar-refractivity contribution in [1.29, 1.82) is 0 Å². The molecule has 0 saturated heterocycles. The molecule has 0 spiro atoms. The highest BCUT2D eigenvalue weighted by Gasteiger charge is 2.16. The van der Waals surface area contributed by atoms with E-state index in [0.29, 0.717) is 10.9 Å². The summed E-state index contributed by atoms with van der Waals surface area (Å²) >= 11 is 5.85. The van der Waals surface area contributed by atoms with Gasteiger partial charge in [-0.25, -0.2) is 0 Å². The summed E-state index contributed by atoms with van der Waals surface area (Å²) in [4.78, 5) is 21.8. The number of fused-ring (bicyclic) bond motifs is 1. The molecule has 1 heterocycles. The second-order valence-electron chi connectivity index (χ2n) is 3.73. The van der Waals surface area contributed by atoms with E-state index in [-0.39, 0.29) is 23.2 Å². The highest BCUT2D eigenvalue weighted by Crippen LogP contribution is 2.30. The van der Waals surface area contributed by atoms with Gasteiger partial charge in [-0.05, 0) is 12.1 Å². The Balaban J connectivity index is 2.59. The first-order valence-corrected chi connectivity index (χ1v) is 5.54. The number of non-ortho nitro benzene ring substituents is 1. The molecule has 18 heavy (non-hydrogen) atoms. The van der Waals surface area contributed by atoms with Gasteiger partial charge in [0, 0.05) is 24.3 Å². The number of benzene rings is 1. The summed E-state index contributed by atoms with van der Waals surface area (Å²) in [6.45, 7) is 0.0947. The predicted octanol–water partition coefficient (Wildman–Crippen LogP) is 1.95. The molecule has 1 aromatic carbocycles. The number of halogens is 1. The standard InChI is InChI=1S/C11H10ClN3O3/c1-13-11(16)6-14-3-2-8-9(14)4-7(12)5-10(8)15(17)18/h2-5H,6H2,1H3,(H,13,16). The van der Waals surface area contributed by atoms with E-state index in [4.69, 9.17) is 11.6 Å². The van der Waals surface area contributed by atoms with Crippen LogP contribution in [-0.2, 0) is 11.3 Å². The number of nitrogens with one attached hydrogen (secondary N) is 1. The topological polar surface area (TPSA) is 77.2 Å². The van der Waals surface area contributed by atoms with Crippen molar-refractivity contribution in [3.63, 3.8) is 0 Å². The van der Waals surface area contributed by atoms with Crippen molar-refractivity contribution in [3.8, 4) is 0 Å². The number of amides is 1. The number of likely N-dealkylation sites (N-methyl/N-ethyl adjacent to an activating group) is 1. The molecule has 6 nitrogen and oxygen atoms in total. The average Bonchev–Trinajstić information content (AvgIpc) is 2.71. The van der Waals surface area contributed by atoms with Gasteiger partial charge in [0.25, 0.3) is 5.69 Å². The lowest BCUT2D eigenvalue weighted by Crippen LogP contribution is -2.22. The number of hydrogen-bond acceptors (Lipinski definition) is 3. The molecule has 1 N–H and O–H groups in total. The fraction of sp³-hybridized carbons (Fsp3) is 0.182. The van der Waals surface area contributed by atoms with Crippen LogP contribution in [0.5, 0.6) is 0 Å². The molecule has 2 aromatic rings. The van der Waals surface area contributed by atoms with Gasteiger partial charge in [0.1, 0.15) is 6.54 Å². The molecule has 0 bridgehead atoms. The third-order valence-corrected chi connectivity index (χ3v) is 2.84. The molecule has 0 aliphatic rings. The van der Waals surface area contributed by atoms with Crippen molar-refractivity contribution < 1.29 is 9.72 Å². The van der Waals surface area contributed by atoms with Gasteiger partial charge >= 0.3 is 0 Å². The van der Waals surface area contributed by atoms with Crippen molar-refractivity contribution in [1.82, 2.24) is 9.88 Å². The van der Waals surface area contributed by atoms with Crippen LogP contribution in [0.3, 0.4) is 0 Å². The van der Waals surface area contributed by atoms with Crippen LogP contribution in [0.1, 0.15) is 0 Å². The summed E-state index contributed by atoms with van der Waals surface area (Å²) in [5.41, 5.74) is 0.506. The fourth-order valence-electron chi connectivity index (χ4n) is 1.77. The van der Waals surface area contributed by atoms with Gasteiger partial charge in [-0.2, -0.15) is 0 Å². The Labute approximate surface area is 107 Å². The molecule has 7 heteroatoms. The monoisotopic (exact) mass is 267 g/mol. The Morgan fingerprint density at radius 2 is 2.28 bits per heavy atom. The lowest BCUT2D eigenvalue weighted by atomic mass is 10.2. The smallest absolute Gasteiger partial charge is 0.280 e. The summed E-state index contributed by atoms with van der Waals surface area (Å²) in [6, 6.07) is 4.51. The fourth-order valence-corrected chi connectivity index (χ4v) is 1.97. The number of nitro groups is 1. The van der Waals surface area contributed by atoms with E-state index in [1.165, 1.54) is 13.1 Å². The first-order chi connectivity index (χ1) is 8.52. The SMILES string of the molecule is CNC(=O)Cn1ccc2c([N+](=O)[O-])cc(Cl)cc21. The molecule has 94 valence electrons.